The van der Waals surface area contributed by atoms with E-state index in [2.05, 4.69) is 5.32 Å². The third-order valence-corrected chi connectivity index (χ3v) is 5.46. The van der Waals surface area contributed by atoms with E-state index in [0.717, 1.165) is 5.56 Å². The quantitative estimate of drug-likeness (QED) is 0.650. The predicted octanol–water partition coefficient (Wildman–Crippen LogP) is 4.19. The first-order chi connectivity index (χ1) is 14.6. The van der Waals surface area contributed by atoms with Crippen molar-refractivity contribution in [1.82, 2.24) is 5.32 Å². The van der Waals surface area contributed by atoms with Crippen LogP contribution in [0, 0.1) is 5.92 Å². The maximum atomic E-state index is 13.0. The van der Waals surface area contributed by atoms with E-state index in [4.69, 9.17) is 4.74 Å². The first-order valence-electron chi connectivity index (χ1n) is 10.0. The molecule has 4 rings (SSSR count). The Morgan fingerprint density at radius 3 is 2.50 bits per heavy atom. The summed E-state index contributed by atoms with van der Waals surface area (Å²) in [5, 5.41) is 12.8. The summed E-state index contributed by atoms with van der Waals surface area (Å²) in [5.41, 5.74) is 1.89. The average molecular weight is 401 g/mol. The largest absolute Gasteiger partial charge is 0.507 e. The highest BCUT2D eigenvalue weighted by Crippen LogP contribution is 2.32. The van der Waals surface area contributed by atoms with Crippen molar-refractivity contribution in [3.63, 3.8) is 0 Å². The molecule has 0 saturated heterocycles. The number of Topliss-reactive ketones (excluding diaryl/α,β-unsaturated/α-hetero) is 1. The molecule has 1 aliphatic rings. The summed E-state index contributed by atoms with van der Waals surface area (Å²) in [6, 6.07) is 23.6. The normalized spacial score (nSPS) is 16.3. The highest BCUT2D eigenvalue weighted by molar-refractivity contribution is 6.01. The molecule has 30 heavy (non-hydrogen) atoms. The van der Waals surface area contributed by atoms with Gasteiger partial charge in [-0.05, 0) is 36.2 Å². The highest BCUT2D eigenvalue weighted by atomic mass is 16.5. The molecule has 3 aromatic rings. The Kier molecular flexibility index (Phi) is 5.80. The van der Waals surface area contributed by atoms with Crippen molar-refractivity contribution >= 4 is 11.7 Å². The first kappa shape index (κ1) is 19.7. The summed E-state index contributed by atoms with van der Waals surface area (Å²) < 4.78 is 5.81. The molecule has 2 atom stereocenters. The van der Waals surface area contributed by atoms with Gasteiger partial charge in [0.1, 0.15) is 11.5 Å². The van der Waals surface area contributed by atoms with Crippen LogP contribution in [0.5, 0.6) is 11.5 Å². The molecular weight excluding hydrogens is 378 g/mol. The van der Waals surface area contributed by atoms with Crippen LogP contribution in [-0.2, 0) is 0 Å². The third kappa shape index (κ3) is 4.20. The van der Waals surface area contributed by atoms with Gasteiger partial charge < -0.3 is 15.2 Å². The summed E-state index contributed by atoms with van der Waals surface area (Å²) in [5.74, 6) is -0.0482. The zero-order valence-electron chi connectivity index (χ0n) is 16.5. The van der Waals surface area contributed by atoms with Crippen molar-refractivity contribution in [3.05, 3.63) is 95.6 Å². The number of phenolic OH excluding ortho intramolecular Hbond substituents is 1. The van der Waals surface area contributed by atoms with Crippen LogP contribution in [0.1, 0.15) is 38.6 Å². The lowest BCUT2D eigenvalue weighted by Crippen LogP contribution is -2.33. The van der Waals surface area contributed by atoms with Crippen LogP contribution in [0.4, 0.5) is 0 Å². The Labute approximate surface area is 175 Å². The molecule has 152 valence electrons. The van der Waals surface area contributed by atoms with E-state index in [1.807, 2.05) is 48.5 Å². The molecule has 0 aromatic heterocycles. The van der Waals surface area contributed by atoms with Crippen LogP contribution in [0.25, 0.3) is 0 Å². The van der Waals surface area contributed by atoms with E-state index in [1.54, 1.807) is 24.3 Å². The molecule has 0 aliphatic carbocycles. The standard InChI is InChI=1S/C25H23NO4/c27-22-12-6-4-10-20(22)25(29)26-15-18(17-8-2-1-3-9-17)14-19-16-30-23-13-7-5-11-21(23)24(19)28/h1-13,18-19,27H,14-16H2,(H,26,29)/t18-,19+/m1/s1. The van der Waals surface area contributed by atoms with Crippen molar-refractivity contribution in [2.45, 2.75) is 12.3 Å². The Hall–Kier alpha value is -3.60. The Balaban J connectivity index is 1.51. The van der Waals surface area contributed by atoms with Gasteiger partial charge in [0.25, 0.3) is 5.91 Å². The third-order valence-electron chi connectivity index (χ3n) is 5.46. The van der Waals surface area contributed by atoms with Gasteiger partial charge in [0.2, 0.25) is 0 Å². The molecule has 2 N–H and O–H groups in total. The van der Waals surface area contributed by atoms with Crippen molar-refractivity contribution in [2.75, 3.05) is 13.2 Å². The summed E-state index contributed by atoms with van der Waals surface area (Å²) >= 11 is 0. The second kappa shape index (κ2) is 8.82. The fraction of sp³-hybridized carbons (Fsp3) is 0.200. The number of carbonyl (C=O) groups is 2. The SMILES string of the molecule is O=C(NC[C@@H](C[C@H]1COc2ccccc2C1=O)c1ccccc1)c1ccccc1O. The van der Waals surface area contributed by atoms with Crippen LogP contribution in [0.15, 0.2) is 78.9 Å². The summed E-state index contributed by atoms with van der Waals surface area (Å²) in [6.45, 7) is 0.676. The van der Waals surface area contributed by atoms with Gasteiger partial charge in [0.05, 0.1) is 23.7 Å². The molecule has 0 fully saturated rings. The maximum Gasteiger partial charge on any atom is 0.255 e. The molecule has 0 spiro atoms. The number of aromatic hydroxyl groups is 1. The summed E-state index contributed by atoms with van der Waals surface area (Å²) in [7, 11) is 0. The van der Waals surface area contributed by atoms with Crippen molar-refractivity contribution in [2.24, 2.45) is 5.92 Å². The first-order valence-corrected chi connectivity index (χ1v) is 10.0. The van der Waals surface area contributed by atoms with Crippen LogP contribution in [-0.4, -0.2) is 29.9 Å². The zero-order chi connectivity index (χ0) is 20.9. The van der Waals surface area contributed by atoms with Gasteiger partial charge in [-0.25, -0.2) is 0 Å². The molecule has 5 nitrogen and oxygen atoms in total. The van der Waals surface area contributed by atoms with E-state index in [-0.39, 0.29) is 34.8 Å². The molecule has 0 saturated carbocycles. The molecule has 3 aromatic carbocycles. The number of ketones is 1. The molecule has 1 heterocycles. The lowest BCUT2D eigenvalue weighted by Gasteiger charge is -2.28. The topological polar surface area (TPSA) is 75.6 Å². The molecule has 0 radical (unpaired) electrons. The van der Waals surface area contributed by atoms with Crippen molar-refractivity contribution in [1.29, 1.82) is 0 Å². The van der Waals surface area contributed by atoms with Gasteiger partial charge in [0.15, 0.2) is 5.78 Å². The van der Waals surface area contributed by atoms with E-state index in [1.165, 1.54) is 6.07 Å². The molecule has 1 amide bonds. The fourth-order valence-corrected chi connectivity index (χ4v) is 3.84. The second-order valence-electron chi connectivity index (χ2n) is 7.44. The number of amides is 1. The zero-order valence-corrected chi connectivity index (χ0v) is 16.5. The minimum atomic E-state index is -0.342. The number of ether oxygens (including phenoxy) is 1. The smallest absolute Gasteiger partial charge is 0.255 e. The van der Waals surface area contributed by atoms with Crippen LogP contribution < -0.4 is 10.1 Å². The maximum absolute atomic E-state index is 13.0. The predicted molar refractivity (Wildman–Crippen MR) is 114 cm³/mol. The number of carbonyl (C=O) groups excluding carboxylic acids is 2. The minimum absolute atomic E-state index is 0.0567. The van der Waals surface area contributed by atoms with Crippen molar-refractivity contribution in [3.8, 4) is 11.5 Å². The lowest BCUT2D eigenvalue weighted by atomic mass is 9.84. The minimum Gasteiger partial charge on any atom is -0.507 e. The molecule has 1 aliphatic heterocycles. The molecule has 0 unspecified atom stereocenters. The van der Waals surface area contributed by atoms with Gasteiger partial charge in [-0.1, -0.05) is 54.6 Å². The Morgan fingerprint density at radius 2 is 1.70 bits per heavy atom. The van der Waals surface area contributed by atoms with E-state index in [9.17, 15) is 14.7 Å². The number of benzene rings is 3. The number of nitrogens with one attached hydrogen (secondary N) is 1. The second-order valence-corrected chi connectivity index (χ2v) is 7.44. The van der Waals surface area contributed by atoms with Gasteiger partial charge >= 0.3 is 0 Å². The molecule has 0 bridgehead atoms. The van der Waals surface area contributed by atoms with Gasteiger partial charge in [0, 0.05) is 12.5 Å². The number of para-hydroxylation sites is 2. The average Bonchev–Trinajstić information content (AvgIpc) is 2.79. The lowest BCUT2D eigenvalue weighted by molar-refractivity contribution is 0.0811. The number of phenols is 1. The van der Waals surface area contributed by atoms with Gasteiger partial charge in [-0.3, -0.25) is 9.59 Å². The number of hydrogen-bond acceptors (Lipinski definition) is 4. The number of fused-ring (bicyclic) bond motifs is 1. The fourth-order valence-electron chi connectivity index (χ4n) is 3.84. The van der Waals surface area contributed by atoms with E-state index in [0.29, 0.717) is 30.9 Å². The summed E-state index contributed by atoms with van der Waals surface area (Å²) in [6.07, 6.45) is 0.554. The molecule has 5 heteroatoms. The van der Waals surface area contributed by atoms with Crippen LogP contribution >= 0.6 is 0 Å². The van der Waals surface area contributed by atoms with E-state index < -0.39 is 0 Å². The number of hydrogen-bond donors (Lipinski definition) is 2. The van der Waals surface area contributed by atoms with Crippen LogP contribution in [0.3, 0.4) is 0 Å². The Bertz CT molecular complexity index is 1050. The van der Waals surface area contributed by atoms with Gasteiger partial charge in [-0.15, -0.1) is 0 Å². The summed E-state index contributed by atoms with van der Waals surface area (Å²) in [4.78, 5) is 25.5. The van der Waals surface area contributed by atoms with Gasteiger partial charge in [-0.2, -0.15) is 0 Å². The monoisotopic (exact) mass is 401 g/mol. The van der Waals surface area contributed by atoms with Crippen LogP contribution in [0.2, 0.25) is 0 Å². The van der Waals surface area contributed by atoms with Crippen molar-refractivity contribution < 1.29 is 19.4 Å². The molecular formula is C25H23NO4. The number of rotatable bonds is 6. The Morgan fingerprint density at radius 1 is 1.00 bits per heavy atom. The van der Waals surface area contributed by atoms with E-state index >= 15 is 0 Å². The highest BCUT2D eigenvalue weighted by Gasteiger charge is 2.31.